The van der Waals surface area contributed by atoms with Gasteiger partial charge in [0.1, 0.15) is 12.4 Å². The van der Waals surface area contributed by atoms with Crippen molar-refractivity contribution >= 4 is 11.5 Å². The number of rotatable bonds is 2. The minimum atomic E-state index is -0.477. The number of quaternary nitrogens is 1. The van der Waals surface area contributed by atoms with Crippen molar-refractivity contribution in [3.8, 4) is 0 Å². The second-order valence-corrected chi connectivity index (χ2v) is 7.97. The Morgan fingerprint density at radius 2 is 1.77 bits per heavy atom. The lowest BCUT2D eigenvalue weighted by molar-refractivity contribution is -0.822. The van der Waals surface area contributed by atoms with Gasteiger partial charge in [-0.05, 0) is 19.2 Å². The molecule has 0 aliphatic carbocycles. The number of aliphatic imine (C=N–C) groups is 1. The van der Waals surface area contributed by atoms with Gasteiger partial charge in [0.25, 0.3) is 0 Å². The number of hydrogen-bond acceptors (Lipinski definition) is 4. The zero-order chi connectivity index (χ0) is 17.8. The molecule has 2 aromatic rings. The van der Waals surface area contributed by atoms with E-state index in [1.807, 2.05) is 12.1 Å². The molecule has 134 valence electrons. The highest BCUT2D eigenvalue weighted by atomic mass is 15.6. The van der Waals surface area contributed by atoms with E-state index in [0.717, 1.165) is 35.4 Å². The topological polar surface area (TPSA) is 53.6 Å². The second-order valence-electron chi connectivity index (χ2n) is 7.97. The van der Waals surface area contributed by atoms with Crippen LogP contribution >= 0.6 is 0 Å². The molecule has 3 aliphatic heterocycles. The second kappa shape index (κ2) is 5.56. The summed E-state index contributed by atoms with van der Waals surface area (Å²) in [6.45, 7) is 5.84. The molecular formula is C21H26N5+. The molecule has 5 heteroatoms. The Morgan fingerprint density at radius 1 is 1.08 bits per heavy atom. The number of para-hydroxylation sites is 1. The van der Waals surface area contributed by atoms with Crippen LogP contribution in [0.25, 0.3) is 0 Å². The maximum absolute atomic E-state index is 6.46. The third-order valence-corrected chi connectivity index (χ3v) is 6.44. The monoisotopic (exact) mass is 348 g/mol. The summed E-state index contributed by atoms with van der Waals surface area (Å²) >= 11 is 0. The van der Waals surface area contributed by atoms with Crippen LogP contribution in [0.15, 0.2) is 59.6 Å². The molecule has 3 heterocycles. The molecule has 0 saturated carbocycles. The van der Waals surface area contributed by atoms with Crippen LogP contribution < -0.4 is 11.1 Å². The average Bonchev–Trinajstić information content (AvgIpc) is 3.39. The van der Waals surface area contributed by atoms with E-state index in [4.69, 9.17) is 10.7 Å². The van der Waals surface area contributed by atoms with Gasteiger partial charge in [-0.15, -0.1) is 0 Å². The molecule has 2 atom stereocenters. The van der Waals surface area contributed by atoms with Gasteiger partial charge in [0.2, 0.25) is 5.66 Å². The van der Waals surface area contributed by atoms with Gasteiger partial charge >= 0.3 is 0 Å². The van der Waals surface area contributed by atoms with E-state index in [0.29, 0.717) is 11.9 Å². The van der Waals surface area contributed by atoms with Crippen molar-refractivity contribution in [2.45, 2.75) is 11.7 Å². The van der Waals surface area contributed by atoms with E-state index in [1.165, 1.54) is 18.7 Å². The number of amidine groups is 1. The highest BCUT2D eigenvalue weighted by Crippen LogP contribution is 2.49. The highest BCUT2D eigenvalue weighted by molar-refractivity contribution is 6.04. The third-order valence-electron chi connectivity index (χ3n) is 6.44. The lowest BCUT2D eigenvalue weighted by Crippen LogP contribution is -2.54. The fourth-order valence-electron chi connectivity index (χ4n) is 4.76. The number of likely N-dealkylation sites (N-methyl/N-ethyl adjacent to an activating group) is 1. The Bertz CT molecular complexity index is 854. The summed E-state index contributed by atoms with van der Waals surface area (Å²) in [5.74, 6) is 0.641. The molecular weight excluding hydrogens is 322 g/mol. The summed E-state index contributed by atoms with van der Waals surface area (Å²) in [5, 5.41) is 3.81. The Kier molecular flexibility index (Phi) is 3.39. The summed E-state index contributed by atoms with van der Waals surface area (Å²) in [5.41, 5.74) is 9.28. The van der Waals surface area contributed by atoms with Gasteiger partial charge in [0, 0.05) is 29.9 Å². The van der Waals surface area contributed by atoms with Gasteiger partial charge in [-0.2, -0.15) is 0 Å². The molecule has 2 aromatic carbocycles. The van der Waals surface area contributed by atoms with Gasteiger partial charge in [-0.1, -0.05) is 42.5 Å². The van der Waals surface area contributed by atoms with Crippen molar-refractivity contribution in [3.63, 3.8) is 0 Å². The SMILES string of the molecule is CN1CC[N+]2(CC1)CC2C1(c2ccccc2)N=C(N)c2ccccc2N1. The molecule has 2 saturated heterocycles. The molecule has 0 bridgehead atoms. The van der Waals surface area contributed by atoms with E-state index >= 15 is 0 Å². The minimum absolute atomic E-state index is 0.422. The van der Waals surface area contributed by atoms with Crippen LogP contribution in [0.1, 0.15) is 11.1 Å². The Morgan fingerprint density at radius 3 is 2.54 bits per heavy atom. The molecule has 1 spiro atoms. The number of piperazine rings is 1. The summed E-state index contributed by atoms with van der Waals surface area (Å²) in [6, 6.07) is 19.3. The number of nitrogens with one attached hydrogen (secondary N) is 1. The standard InChI is InChI=1S/C21H26N5/c1-25-11-13-26(14-12-25)15-19(26)21(16-7-3-2-4-8-16)23-18-10-6-5-9-17(18)20(22)24-21/h2-10,19,23H,11-15H2,1H3,(H2,22,24)/q+1. The molecule has 0 radical (unpaired) electrons. The van der Waals surface area contributed by atoms with Crippen molar-refractivity contribution < 1.29 is 4.48 Å². The molecule has 0 amide bonds. The summed E-state index contributed by atoms with van der Waals surface area (Å²) in [4.78, 5) is 7.54. The number of anilines is 1. The van der Waals surface area contributed by atoms with E-state index in [1.54, 1.807) is 0 Å². The van der Waals surface area contributed by atoms with Crippen LogP contribution in [0.4, 0.5) is 5.69 Å². The summed E-state index contributed by atoms with van der Waals surface area (Å²) < 4.78 is 1.14. The van der Waals surface area contributed by atoms with Gasteiger partial charge in [-0.25, -0.2) is 4.99 Å². The van der Waals surface area contributed by atoms with Crippen molar-refractivity contribution in [2.24, 2.45) is 10.7 Å². The predicted molar refractivity (Wildman–Crippen MR) is 105 cm³/mol. The third kappa shape index (κ3) is 2.27. The lowest BCUT2D eigenvalue weighted by Gasteiger charge is -2.39. The molecule has 26 heavy (non-hydrogen) atoms. The number of fused-ring (bicyclic) bond motifs is 1. The van der Waals surface area contributed by atoms with Crippen LogP contribution in [0, 0.1) is 0 Å². The fourth-order valence-corrected chi connectivity index (χ4v) is 4.76. The summed E-state index contributed by atoms with van der Waals surface area (Å²) in [6.07, 6.45) is 0. The van der Waals surface area contributed by atoms with Gasteiger partial charge in [-0.3, -0.25) is 4.90 Å². The van der Waals surface area contributed by atoms with E-state index in [2.05, 4.69) is 59.7 Å². The van der Waals surface area contributed by atoms with Crippen LogP contribution in [0.3, 0.4) is 0 Å². The molecule has 0 aromatic heterocycles. The predicted octanol–water partition coefficient (Wildman–Crippen LogP) is 1.81. The fraction of sp³-hybridized carbons (Fsp3) is 0.381. The molecule has 3 N–H and O–H groups in total. The number of nitrogens with two attached hydrogens (primary N) is 1. The average molecular weight is 348 g/mol. The van der Waals surface area contributed by atoms with Crippen LogP contribution in [-0.4, -0.2) is 61.0 Å². The van der Waals surface area contributed by atoms with Gasteiger partial charge in [0.15, 0.2) is 6.04 Å². The Balaban J connectivity index is 1.60. The maximum Gasteiger partial charge on any atom is 0.215 e. The number of benzene rings is 2. The summed E-state index contributed by atoms with van der Waals surface area (Å²) in [7, 11) is 2.21. The molecule has 2 unspecified atom stereocenters. The van der Waals surface area contributed by atoms with Crippen LogP contribution in [0.2, 0.25) is 0 Å². The van der Waals surface area contributed by atoms with Crippen LogP contribution in [-0.2, 0) is 5.66 Å². The zero-order valence-electron chi connectivity index (χ0n) is 15.2. The number of hydrogen-bond donors (Lipinski definition) is 2. The molecule has 3 aliphatic rings. The lowest BCUT2D eigenvalue weighted by atomic mass is 9.92. The van der Waals surface area contributed by atoms with Crippen molar-refractivity contribution in [1.82, 2.24) is 4.90 Å². The zero-order valence-corrected chi connectivity index (χ0v) is 15.2. The van der Waals surface area contributed by atoms with E-state index in [-0.39, 0.29) is 0 Å². The molecule has 5 nitrogen and oxygen atoms in total. The Labute approximate surface area is 154 Å². The van der Waals surface area contributed by atoms with Crippen LogP contribution in [0.5, 0.6) is 0 Å². The first-order valence-electron chi connectivity index (χ1n) is 9.46. The number of nitrogens with zero attached hydrogens (tertiary/aromatic N) is 3. The van der Waals surface area contributed by atoms with Crippen molar-refractivity contribution in [3.05, 3.63) is 65.7 Å². The smallest absolute Gasteiger partial charge is 0.215 e. The normalized spacial score (nSPS) is 29.6. The van der Waals surface area contributed by atoms with Crippen molar-refractivity contribution in [1.29, 1.82) is 0 Å². The van der Waals surface area contributed by atoms with Gasteiger partial charge in [0.05, 0.1) is 13.1 Å². The van der Waals surface area contributed by atoms with Crippen molar-refractivity contribution in [2.75, 3.05) is 45.1 Å². The highest BCUT2D eigenvalue weighted by Gasteiger charge is 2.67. The Hall–Kier alpha value is -2.37. The minimum Gasteiger partial charge on any atom is -0.383 e. The first kappa shape index (κ1) is 15.9. The van der Waals surface area contributed by atoms with Gasteiger partial charge < -0.3 is 15.5 Å². The largest absolute Gasteiger partial charge is 0.383 e. The molecule has 5 rings (SSSR count). The molecule has 2 fully saturated rings. The van der Waals surface area contributed by atoms with E-state index < -0.39 is 5.66 Å². The van der Waals surface area contributed by atoms with E-state index in [9.17, 15) is 0 Å². The maximum atomic E-state index is 6.46. The first-order chi connectivity index (χ1) is 12.6. The first-order valence-corrected chi connectivity index (χ1v) is 9.46. The quantitative estimate of drug-likeness (QED) is 0.643.